The molecule has 0 spiro atoms. The van der Waals surface area contributed by atoms with E-state index in [1.165, 1.54) is 24.3 Å². The van der Waals surface area contributed by atoms with Crippen LogP contribution in [0.2, 0.25) is 0 Å². The number of hydrogen-bond donors (Lipinski definition) is 2. The number of nitro groups is 1. The van der Waals surface area contributed by atoms with Gasteiger partial charge in [0.05, 0.1) is 4.92 Å². The molecule has 0 heterocycles. The van der Waals surface area contributed by atoms with Gasteiger partial charge in [-0.05, 0) is 5.56 Å². The molecular weight excluding hydrogens is 296 g/mol. The van der Waals surface area contributed by atoms with Crippen LogP contribution in [0.25, 0.3) is 0 Å². The fourth-order valence-electron chi connectivity index (χ4n) is 1.59. The van der Waals surface area contributed by atoms with Gasteiger partial charge in [-0.25, -0.2) is 4.79 Å². The van der Waals surface area contributed by atoms with E-state index in [1.807, 2.05) is 0 Å². The number of rotatable bonds is 7. The molecule has 1 amide bonds. The van der Waals surface area contributed by atoms with Gasteiger partial charge in [0.2, 0.25) is 0 Å². The minimum atomic E-state index is -1.27. The molecule has 0 saturated carbocycles. The van der Waals surface area contributed by atoms with Gasteiger partial charge in [-0.15, -0.1) is 0 Å². The van der Waals surface area contributed by atoms with Crippen molar-refractivity contribution in [2.75, 3.05) is 6.61 Å². The van der Waals surface area contributed by atoms with E-state index < -0.39 is 35.4 Å². The van der Waals surface area contributed by atoms with Crippen molar-refractivity contribution in [3.8, 4) is 0 Å². The number of non-ortho nitro benzene ring substituents is 1. The fourth-order valence-corrected chi connectivity index (χ4v) is 1.59. The number of nitrogens with one attached hydrogen (secondary N) is 1. The first kappa shape index (κ1) is 17.1. The molecule has 0 radical (unpaired) electrons. The number of carboxylic acids is 1. The normalized spacial score (nSPS) is 11.3. The number of nitro benzene ring substituents is 1. The van der Waals surface area contributed by atoms with Crippen LogP contribution in [0.15, 0.2) is 24.3 Å². The Kier molecular flexibility index (Phi) is 5.99. The largest absolute Gasteiger partial charge is 0.480 e. The Hall–Kier alpha value is -2.97. The predicted molar refractivity (Wildman–Crippen MR) is 73.0 cm³/mol. The molecule has 9 nitrogen and oxygen atoms in total. The van der Waals surface area contributed by atoms with Gasteiger partial charge < -0.3 is 15.2 Å². The van der Waals surface area contributed by atoms with E-state index in [4.69, 9.17) is 5.11 Å². The van der Waals surface area contributed by atoms with Crippen molar-refractivity contribution in [1.82, 2.24) is 5.32 Å². The van der Waals surface area contributed by atoms with E-state index in [0.717, 1.165) is 6.92 Å². The second-order valence-corrected chi connectivity index (χ2v) is 4.37. The van der Waals surface area contributed by atoms with E-state index in [2.05, 4.69) is 10.1 Å². The summed E-state index contributed by atoms with van der Waals surface area (Å²) >= 11 is 0. The summed E-state index contributed by atoms with van der Waals surface area (Å²) in [7, 11) is 0. The molecule has 0 fully saturated rings. The average molecular weight is 310 g/mol. The van der Waals surface area contributed by atoms with E-state index in [0.29, 0.717) is 5.56 Å². The van der Waals surface area contributed by atoms with Gasteiger partial charge in [0.15, 0.2) is 6.61 Å². The molecule has 22 heavy (non-hydrogen) atoms. The molecule has 0 aliphatic rings. The van der Waals surface area contributed by atoms with Crippen LogP contribution in [-0.2, 0) is 25.5 Å². The number of nitrogens with zero attached hydrogens (tertiary/aromatic N) is 1. The second-order valence-electron chi connectivity index (χ2n) is 4.37. The summed E-state index contributed by atoms with van der Waals surface area (Å²) in [4.78, 5) is 43.1. The first-order valence-electron chi connectivity index (χ1n) is 6.18. The number of carboxylic acid groups (broad SMARTS) is 1. The lowest BCUT2D eigenvalue weighted by Gasteiger charge is -2.14. The summed E-state index contributed by atoms with van der Waals surface area (Å²) in [6.07, 6.45) is -0.0564. The summed E-state index contributed by atoms with van der Waals surface area (Å²) < 4.78 is 4.46. The van der Waals surface area contributed by atoms with Crippen molar-refractivity contribution < 1.29 is 29.2 Å². The number of amides is 1. The zero-order valence-corrected chi connectivity index (χ0v) is 11.6. The number of ether oxygens (including phenoxy) is 1. The number of carbonyl (C=O) groups excluding carboxylic acids is 2. The molecule has 1 aromatic carbocycles. The van der Waals surface area contributed by atoms with E-state index >= 15 is 0 Å². The summed E-state index contributed by atoms with van der Waals surface area (Å²) in [6.45, 7) is 0.554. The van der Waals surface area contributed by atoms with Gasteiger partial charge in [0, 0.05) is 25.5 Å². The van der Waals surface area contributed by atoms with E-state index in [-0.39, 0.29) is 12.1 Å². The highest BCUT2D eigenvalue weighted by atomic mass is 16.6. The third kappa shape index (κ3) is 5.57. The van der Waals surface area contributed by atoms with Crippen LogP contribution in [0.1, 0.15) is 12.5 Å². The highest BCUT2D eigenvalue weighted by molar-refractivity contribution is 5.85. The molecule has 0 aliphatic carbocycles. The van der Waals surface area contributed by atoms with Crippen molar-refractivity contribution in [2.24, 2.45) is 0 Å². The number of benzene rings is 1. The Morgan fingerprint density at radius 2 is 1.91 bits per heavy atom. The second kappa shape index (κ2) is 7.72. The molecule has 118 valence electrons. The van der Waals surface area contributed by atoms with Gasteiger partial charge in [0.1, 0.15) is 6.04 Å². The smallest absolute Gasteiger partial charge is 0.326 e. The van der Waals surface area contributed by atoms with Gasteiger partial charge in [-0.2, -0.15) is 0 Å². The van der Waals surface area contributed by atoms with Crippen molar-refractivity contribution in [2.45, 2.75) is 19.4 Å². The standard InChI is InChI=1S/C13H14N2O7/c1-8(16)22-7-12(17)14-11(13(18)19)6-9-2-4-10(5-3-9)15(20)21/h2-5,11H,6-7H2,1H3,(H,14,17)(H,18,19)/t11-/m0/s1. The summed E-state index contributed by atoms with van der Waals surface area (Å²) in [5.41, 5.74) is 0.389. The zero-order valence-electron chi connectivity index (χ0n) is 11.6. The maximum atomic E-state index is 11.5. The molecule has 0 aromatic heterocycles. The van der Waals surface area contributed by atoms with Crippen LogP contribution < -0.4 is 5.32 Å². The van der Waals surface area contributed by atoms with Crippen LogP contribution in [0.3, 0.4) is 0 Å². The Labute approximate surface area is 125 Å². The van der Waals surface area contributed by atoms with Crippen LogP contribution in [0.5, 0.6) is 0 Å². The van der Waals surface area contributed by atoms with Crippen molar-refractivity contribution in [1.29, 1.82) is 0 Å². The maximum absolute atomic E-state index is 11.5. The summed E-state index contributed by atoms with van der Waals surface area (Å²) in [6, 6.07) is 4.08. The summed E-state index contributed by atoms with van der Waals surface area (Å²) in [5, 5.41) is 21.8. The molecule has 0 saturated heterocycles. The number of aliphatic carboxylic acids is 1. The van der Waals surface area contributed by atoms with Crippen LogP contribution in [0.4, 0.5) is 5.69 Å². The van der Waals surface area contributed by atoms with E-state index in [9.17, 15) is 24.5 Å². The predicted octanol–water partition coefficient (Wildman–Crippen LogP) is 0.270. The highest BCUT2D eigenvalue weighted by Gasteiger charge is 2.21. The Morgan fingerprint density at radius 1 is 1.32 bits per heavy atom. The molecule has 0 bridgehead atoms. The molecular formula is C13H14N2O7. The summed E-state index contributed by atoms with van der Waals surface area (Å²) in [5.74, 6) is -2.67. The van der Waals surface area contributed by atoms with Crippen LogP contribution in [-0.4, -0.2) is 40.5 Å². The van der Waals surface area contributed by atoms with Gasteiger partial charge in [0.25, 0.3) is 11.6 Å². The van der Waals surface area contributed by atoms with Crippen molar-refractivity contribution in [3.05, 3.63) is 39.9 Å². The molecule has 1 atom stereocenters. The SMILES string of the molecule is CC(=O)OCC(=O)N[C@@H](Cc1ccc([N+](=O)[O-])cc1)C(=O)O. The number of hydrogen-bond acceptors (Lipinski definition) is 6. The third-order valence-electron chi connectivity index (χ3n) is 2.63. The molecule has 1 aromatic rings. The van der Waals surface area contributed by atoms with Crippen molar-refractivity contribution in [3.63, 3.8) is 0 Å². The first-order chi connectivity index (χ1) is 10.3. The van der Waals surface area contributed by atoms with Gasteiger partial charge in [-0.1, -0.05) is 12.1 Å². The first-order valence-corrected chi connectivity index (χ1v) is 6.18. The monoisotopic (exact) mass is 310 g/mol. The van der Waals surface area contributed by atoms with Gasteiger partial charge in [-0.3, -0.25) is 19.7 Å². The molecule has 1 rings (SSSR count). The minimum Gasteiger partial charge on any atom is -0.480 e. The topological polar surface area (TPSA) is 136 Å². The lowest BCUT2D eigenvalue weighted by molar-refractivity contribution is -0.384. The highest BCUT2D eigenvalue weighted by Crippen LogP contribution is 2.13. The molecule has 2 N–H and O–H groups in total. The third-order valence-corrected chi connectivity index (χ3v) is 2.63. The Morgan fingerprint density at radius 3 is 2.36 bits per heavy atom. The average Bonchev–Trinajstić information content (AvgIpc) is 2.44. The Balaban J connectivity index is 2.67. The van der Waals surface area contributed by atoms with Crippen LogP contribution >= 0.6 is 0 Å². The minimum absolute atomic E-state index is 0.0564. The molecule has 0 unspecified atom stereocenters. The number of esters is 1. The maximum Gasteiger partial charge on any atom is 0.326 e. The van der Waals surface area contributed by atoms with E-state index in [1.54, 1.807) is 0 Å². The quantitative estimate of drug-likeness (QED) is 0.419. The fraction of sp³-hybridized carbons (Fsp3) is 0.308. The zero-order chi connectivity index (χ0) is 16.7. The lowest BCUT2D eigenvalue weighted by atomic mass is 10.1. The van der Waals surface area contributed by atoms with Crippen LogP contribution in [0, 0.1) is 10.1 Å². The van der Waals surface area contributed by atoms with Crippen molar-refractivity contribution >= 4 is 23.5 Å². The Bertz CT molecular complexity index is 583. The number of carbonyl (C=O) groups is 3. The van der Waals surface area contributed by atoms with Gasteiger partial charge >= 0.3 is 11.9 Å². The molecule has 0 aliphatic heterocycles. The molecule has 9 heteroatoms. The lowest BCUT2D eigenvalue weighted by Crippen LogP contribution is -2.44.